The molecule has 0 aromatic heterocycles. The quantitative estimate of drug-likeness (QED) is 0.609. The van der Waals surface area contributed by atoms with E-state index < -0.39 is 0 Å². The summed E-state index contributed by atoms with van der Waals surface area (Å²) in [6.45, 7) is 4.08. The van der Waals surface area contributed by atoms with E-state index in [0.29, 0.717) is 17.0 Å². The largest absolute Gasteiger partial charge is 0.322 e. The number of nitrogens with one attached hydrogen (secondary N) is 1. The van der Waals surface area contributed by atoms with Crippen LogP contribution in [0.15, 0.2) is 66.7 Å². The molecular weight excluding hydrogens is 399 g/mol. The van der Waals surface area contributed by atoms with Gasteiger partial charge in [0.2, 0.25) is 5.91 Å². The Morgan fingerprint density at radius 1 is 1.03 bits per heavy atom. The van der Waals surface area contributed by atoms with Crippen LogP contribution in [-0.2, 0) is 4.79 Å². The molecule has 4 rings (SSSR count). The van der Waals surface area contributed by atoms with Crippen molar-refractivity contribution in [2.45, 2.75) is 19.2 Å². The van der Waals surface area contributed by atoms with Crippen molar-refractivity contribution in [1.29, 1.82) is 0 Å². The molecule has 1 N–H and O–H groups in total. The summed E-state index contributed by atoms with van der Waals surface area (Å²) in [6.07, 6.45) is 0. The molecule has 3 aromatic carbocycles. The first-order chi connectivity index (χ1) is 14.4. The van der Waals surface area contributed by atoms with Gasteiger partial charge in [-0.25, -0.2) is 4.39 Å². The average Bonchev–Trinajstić information content (AvgIpc) is 3.12. The van der Waals surface area contributed by atoms with Crippen LogP contribution in [0.4, 0.5) is 15.8 Å². The first-order valence-electron chi connectivity index (χ1n) is 9.60. The monoisotopic (exact) mass is 420 g/mol. The maximum Gasteiger partial charge on any atom is 0.255 e. The molecule has 1 heterocycles. The highest BCUT2D eigenvalue weighted by atomic mass is 32.2. The Morgan fingerprint density at radius 2 is 1.80 bits per heavy atom. The van der Waals surface area contributed by atoms with E-state index in [1.807, 2.05) is 55.1 Å². The fourth-order valence-corrected chi connectivity index (χ4v) is 4.57. The number of thioether (sulfide) groups is 1. The van der Waals surface area contributed by atoms with Gasteiger partial charge in [0, 0.05) is 16.9 Å². The Morgan fingerprint density at radius 3 is 2.53 bits per heavy atom. The van der Waals surface area contributed by atoms with Crippen LogP contribution in [0.1, 0.15) is 32.4 Å². The lowest BCUT2D eigenvalue weighted by Crippen LogP contribution is -2.28. The van der Waals surface area contributed by atoms with Gasteiger partial charge >= 0.3 is 0 Å². The summed E-state index contributed by atoms with van der Waals surface area (Å²) in [7, 11) is 0. The third-order valence-corrected chi connectivity index (χ3v) is 6.38. The van der Waals surface area contributed by atoms with Crippen molar-refractivity contribution in [3.8, 4) is 0 Å². The molecule has 0 bridgehead atoms. The molecule has 1 saturated heterocycles. The Kier molecular flexibility index (Phi) is 5.59. The van der Waals surface area contributed by atoms with Crippen LogP contribution < -0.4 is 10.2 Å². The lowest BCUT2D eigenvalue weighted by molar-refractivity contribution is -0.115. The van der Waals surface area contributed by atoms with Crippen molar-refractivity contribution < 1.29 is 14.0 Å². The summed E-state index contributed by atoms with van der Waals surface area (Å²) in [4.78, 5) is 26.9. The smallest absolute Gasteiger partial charge is 0.255 e. The molecule has 0 spiro atoms. The lowest BCUT2D eigenvalue weighted by atomic mass is 10.1. The number of nitrogens with zero attached hydrogens (tertiary/aromatic N) is 1. The molecule has 30 heavy (non-hydrogen) atoms. The summed E-state index contributed by atoms with van der Waals surface area (Å²) in [5.41, 5.74) is 5.13. The Balaban J connectivity index is 1.59. The van der Waals surface area contributed by atoms with Crippen molar-refractivity contribution >= 4 is 35.0 Å². The molecule has 0 radical (unpaired) electrons. The highest BCUT2D eigenvalue weighted by Gasteiger charge is 2.34. The van der Waals surface area contributed by atoms with Crippen molar-refractivity contribution in [1.82, 2.24) is 0 Å². The first-order valence-corrected chi connectivity index (χ1v) is 10.6. The zero-order valence-electron chi connectivity index (χ0n) is 16.7. The summed E-state index contributed by atoms with van der Waals surface area (Å²) >= 11 is 1.56. The highest BCUT2D eigenvalue weighted by molar-refractivity contribution is 8.00. The Hall–Kier alpha value is -3.12. The predicted molar refractivity (Wildman–Crippen MR) is 119 cm³/mol. The highest BCUT2D eigenvalue weighted by Crippen LogP contribution is 2.42. The normalized spacial score (nSPS) is 16.0. The maximum absolute atomic E-state index is 13.1. The number of hydrogen-bond donors (Lipinski definition) is 1. The second-order valence-corrected chi connectivity index (χ2v) is 8.35. The van der Waals surface area contributed by atoms with Gasteiger partial charge in [-0.2, -0.15) is 0 Å². The first kappa shape index (κ1) is 20.2. The molecular formula is C24H21FN2O2S. The van der Waals surface area contributed by atoms with Gasteiger partial charge in [-0.3, -0.25) is 14.5 Å². The number of carbonyl (C=O) groups excluding carboxylic acids is 2. The second kappa shape index (κ2) is 8.32. The van der Waals surface area contributed by atoms with E-state index in [1.165, 1.54) is 29.8 Å². The van der Waals surface area contributed by atoms with Crippen molar-refractivity contribution in [2.75, 3.05) is 16.0 Å². The molecule has 152 valence electrons. The van der Waals surface area contributed by atoms with Crippen LogP contribution in [0.3, 0.4) is 0 Å². The molecule has 1 aliphatic heterocycles. The van der Waals surface area contributed by atoms with Crippen LogP contribution in [0.5, 0.6) is 0 Å². The van der Waals surface area contributed by atoms with Crippen LogP contribution >= 0.6 is 11.8 Å². The van der Waals surface area contributed by atoms with Gasteiger partial charge in [0.15, 0.2) is 0 Å². The number of amides is 2. The number of benzene rings is 3. The minimum Gasteiger partial charge on any atom is -0.322 e. The molecule has 1 unspecified atom stereocenters. The lowest BCUT2D eigenvalue weighted by Gasteiger charge is -2.25. The van der Waals surface area contributed by atoms with Gasteiger partial charge in [-0.05, 0) is 79.1 Å². The number of carbonyl (C=O) groups is 2. The van der Waals surface area contributed by atoms with Crippen LogP contribution in [0, 0.1) is 19.7 Å². The number of aryl methyl sites for hydroxylation is 2. The van der Waals surface area contributed by atoms with Gasteiger partial charge in [-0.1, -0.05) is 18.2 Å². The molecule has 0 saturated carbocycles. The van der Waals surface area contributed by atoms with E-state index in [1.54, 1.807) is 17.8 Å². The molecule has 0 aliphatic carbocycles. The summed E-state index contributed by atoms with van der Waals surface area (Å²) in [5.74, 6) is -0.228. The van der Waals surface area contributed by atoms with E-state index in [2.05, 4.69) is 5.32 Å². The molecule has 2 amide bonds. The Bertz CT molecular complexity index is 1110. The SMILES string of the molecule is Cc1ccc(N2C(=O)CSC2c2cccc(NC(=O)c3ccc(F)cc3)c2)cc1C. The van der Waals surface area contributed by atoms with Gasteiger partial charge in [-0.15, -0.1) is 11.8 Å². The van der Waals surface area contributed by atoms with Gasteiger partial charge < -0.3 is 5.32 Å². The minimum atomic E-state index is -0.386. The zero-order chi connectivity index (χ0) is 21.3. The molecule has 1 aliphatic rings. The van der Waals surface area contributed by atoms with Crippen molar-refractivity contribution in [3.63, 3.8) is 0 Å². The van der Waals surface area contributed by atoms with E-state index in [9.17, 15) is 14.0 Å². The summed E-state index contributed by atoms with van der Waals surface area (Å²) in [5, 5.41) is 2.69. The Labute approximate surface area is 179 Å². The molecule has 4 nitrogen and oxygen atoms in total. The van der Waals surface area contributed by atoms with Crippen molar-refractivity contribution in [2.24, 2.45) is 0 Å². The van der Waals surface area contributed by atoms with Crippen molar-refractivity contribution in [3.05, 3.63) is 94.8 Å². The van der Waals surface area contributed by atoms with Crippen LogP contribution in [0.2, 0.25) is 0 Å². The second-order valence-electron chi connectivity index (χ2n) is 7.28. The van der Waals surface area contributed by atoms with Gasteiger partial charge in [0.25, 0.3) is 5.91 Å². The molecule has 3 aromatic rings. The molecule has 1 atom stereocenters. The number of halogens is 1. The summed E-state index contributed by atoms with van der Waals surface area (Å²) < 4.78 is 13.1. The summed E-state index contributed by atoms with van der Waals surface area (Å²) in [6, 6.07) is 18.9. The van der Waals surface area contributed by atoms with E-state index >= 15 is 0 Å². The minimum absolute atomic E-state index is 0.0639. The van der Waals surface area contributed by atoms with Crippen LogP contribution in [0.25, 0.3) is 0 Å². The third-order valence-electron chi connectivity index (χ3n) is 5.17. The fraction of sp³-hybridized carbons (Fsp3) is 0.167. The van der Waals surface area contributed by atoms with Gasteiger partial charge in [0.1, 0.15) is 11.2 Å². The number of anilines is 2. The number of hydrogen-bond acceptors (Lipinski definition) is 3. The van der Waals surface area contributed by atoms with E-state index in [0.717, 1.165) is 16.8 Å². The zero-order valence-corrected chi connectivity index (χ0v) is 17.5. The third kappa shape index (κ3) is 4.09. The predicted octanol–water partition coefficient (Wildman–Crippen LogP) is 5.47. The number of rotatable bonds is 4. The topological polar surface area (TPSA) is 49.4 Å². The van der Waals surface area contributed by atoms with E-state index in [4.69, 9.17) is 0 Å². The standard InChI is InChI=1S/C24H21FN2O2S/c1-15-6-11-21(12-16(15)2)27-22(28)14-30-24(27)18-4-3-5-20(13-18)26-23(29)17-7-9-19(25)10-8-17/h3-13,24H,14H2,1-2H3,(H,26,29). The average molecular weight is 421 g/mol. The van der Waals surface area contributed by atoms with Gasteiger partial charge in [0.05, 0.1) is 5.75 Å². The van der Waals surface area contributed by atoms with E-state index in [-0.39, 0.29) is 23.0 Å². The molecule has 1 fully saturated rings. The van der Waals surface area contributed by atoms with Crippen LogP contribution in [-0.4, -0.2) is 17.6 Å². The molecule has 6 heteroatoms. The maximum atomic E-state index is 13.1. The fourth-order valence-electron chi connectivity index (χ4n) is 3.40.